The van der Waals surface area contributed by atoms with E-state index < -0.39 is 0 Å². The lowest BCUT2D eigenvalue weighted by atomic mass is 10.2. The Bertz CT molecular complexity index is 326. The number of rotatable bonds is 3. The van der Waals surface area contributed by atoms with E-state index in [4.69, 9.17) is 0 Å². The van der Waals surface area contributed by atoms with Gasteiger partial charge in [0, 0.05) is 24.1 Å². The van der Waals surface area contributed by atoms with Gasteiger partial charge < -0.3 is 0 Å². The number of halogens is 1. The zero-order valence-electron chi connectivity index (χ0n) is 8.77. The van der Waals surface area contributed by atoms with Crippen LogP contribution in [0.4, 0.5) is 0 Å². The van der Waals surface area contributed by atoms with Crippen molar-refractivity contribution in [3.05, 3.63) is 35.9 Å². The molecule has 1 nitrogen and oxygen atoms in total. The minimum atomic E-state index is 1.03. The molecule has 2 aliphatic rings. The SMILES string of the molecule is IC[C@@H]1[C@H]2CN(Cc3ccccc3)C[C@@H]12. The molecular weight excluding hydrogens is 297 g/mol. The maximum absolute atomic E-state index is 2.62. The van der Waals surface area contributed by atoms with Crippen molar-refractivity contribution < 1.29 is 0 Å². The lowest BCUT2D eigenvalue weighted by molar-refractivity contribution is 0.283. The van der Waals surface area contributed by atoms with Crippen molar-refractivity contribution in [2.75, 3.05) is 17.5 Å². The molecule has 0 unspecified atom stereocenters. The third-order valence-corrected chi connectivity index (χ3v) is 4.89. The Morgan fingerprint density at radius 2 is 1.80 bits per heavy atom. The molecule has 1 aliphatic heterocycles. The molecule has 0 amide bonds. The van der Waals surface area contributed by atoms with E-state index in [-0.39, 0.29) is 0 Å². The summed E-state index contributed by atoms with van der Waals surface area (Å²) in [4.78, 5) is 2.62. The highest BCUT2D eigenvalue weighted by Crippen LogP contribution is 2.52. The first-order valence-electron chi connectivity index (χ1n) is 5.70. The molecule has 0 N–H and O–H groups in total. The maximum atomic E-state index is 2.62. The molecule has 3 rings (SSSR count). The molecule has 1 heterocycles. The monoisotopic (exact) mass is 313 g/mol. The van der Waals surface area contributed by atoms with Crippen LogP contribution in [0.5, 0.6) is 0 Å². The number of alkyl halides is 1. The summed E-state index contributed by atoms with van der Waals surface area (Å²) in [6.45, 7) is 3.84. The highest BCUT2D eigenvalue weighted by molar-refractivity contribution is 14.1. The van der Waals surface area contributed by atoms with Crippen LogP contribution in [0.2, 0.25) is 0 Å². The normalized spacial score (nSPS) is 34.1. The number of fused-ring (bicyclic) bond motifs is 1. The van der Waals surface area contributed by atoms with Crippen LogP contribution in [0, 0.1) is 17.8 Å². The molecule has 1 saturated heterocycles. The molecule has 15 heavy (non-hydrogen) atoms. The van der Waals surface area contributed by atoms with Gasteiger partial charge in [0.2, 0.25) is 0 Å². The highest BCUT2D eigenvalue weighted by Gasteiger charge is 2.54. The predicted molar refractivity (Wildman–Crippen MR) is 71.1 cm³/mol. The van der Waals surface area contributed by atoms with E-state index >= 15 is 0 Å². The Labute approximate surface area is 105 Å². The summed E-state index contributed by atoms with van der Waals surface area (Å²) in [5.74, 6) is 3.12. The van der Waals surface area contributed by atoms with Crippen LogP contribution in [-0.2, 0) is 6.54 Å². The second-order valence-electron chi connectivity index (χ2n) is 4.83. The molecule has 2 heteroatoms. The van der Waals surface area contributed by atoms with Gasteiger partial charge >= 0.3 is 0 Å². The number of benzene rings is 1. The minimum Gasteiger partial charge on any atom is -0.298 e. The first-order chi connectivity index (χ1) is 7.38. The average molecular weight is 313 g/mol. The van der Waals surface area contributed by atoms with Crippen LogP contribution in [0.25, 0.3) is 0 Å². The van der Waals surface area contributed by atoms with E-state index in [0.29, 0.717) is 0 Å². The first-order valence-corrected chi connectivity index (χ1v) is 7.23. The topological polar surface area (TPSA) is 3.24 Å². The van der Waals surface area contributed by atoms with Crippen molar-refractivity contribution in [1.82, 2.24) is 4.90 Å². The molecule has 0 aromatic heterocycles. The third-order valence-electron chi connectivity index (χ3n) is 3.87. The van der Waals surface area contributed by atoms with Gasteiger partial charge in [0.25, 0.3) is 0 Å². The lowest BCUT2D eigenvalue weighted by Crippen LogP contribution is -2.24. The molecule has 2 fully saturated rings. The second kappa shape index (κ2) is 4.06. The van der Waals surface area contributed by atoms with Gasteiger partial charge in [-0.15, -0.1) is 0 Å². The van der Waals surface area contributed by atoms with E-state index in [1.54, 1.807) is 0 Å². The van der Waals surface area contributed by atoms with E-state index in [1.807, 2.05) is 0 Å². The predicted octanol–water partition coefficient (Wildman–Crippen LogP) is 2.80. The summed E-state index contributed by atoms with van der Waals surface area (Å²) >= 11 is 2.54. The Kier molecular flexibility index (Phi) is 2.73. The fourth-order valence-electron chi connectivity index (χ4n) is 2.94. The Balaban J connectivity index is 1.56. The number of likely N-dealkylation sites (tertiary alicyclic amines) is 1. The summed E-state index contributed by atoms with van der Waals surface area (Å²) in [6, 6.07) is 10.8. The molecular formula is C13H16IN. The molecule has 1 saturated carbocycles. The molecule has 3 atom stereocenters. The number of nitrogens with zero attached hydrogens (tertiary/aromatic N) is 1. The van der Waals surface area contributed by atoms with Gasteiger partial charge in [-0.25, -0.2) is 0 Å². The standard InChI is InChI=1S/C13H16IN/c14-6-11-12-8-15(9-13(11)12)7-10-4-2-1-3-5-10/h1-5,11-13H,6-9H2/t11-,12-,13+. The van der Waals surface area contributed by atoms with Crippen LogP contribution in [-0.4, -0.2) is 22.4 Å². The van der Waals surface area contributed by atoms with Crippen LogP contribution in [0.3, 0.4) is 0 Å². The van der Waals surface area contributed by atoms with E-state index in [9.17, 15) is 0 Å². The average Bonchev–Trinajstić information content (AvgIpc) is 2.75. The molecule has 1 aliphatic carbocycles. The quantitative estimate of drug-likeness (QED) is 0.613. The van der Waals surface area contributed by atoms with Crippen molar-refractivity contribution in [3.63, 3.8) is 0 Å². The Hall–Kier alpha value is -0.0900. The van der Waals surface area contributed by atoms with Gasteiger partial charge in [-0.2, -0.15) is 0 Å². The van der Waals surface area contributed by atoms with Gasteiger partial charge in [-0.1, -0.05) is 52.9 Å². The van der Waals surface area contributed by atoms with Gasteiger partial charge in [0.05, 0.1) is 0 Å². The van der Waals surface area contributed by atoms with Crippen molar-refractivity contribution in [3.8, 4) is 0 Å². The number of piperidine rings is 1. The lowest BCUT2D eigenvalue weighted by Gasteiger charge is -2.18. The Morgan fingerprint density at radius 1 is 1.13 bits per heavy atom. The summed E-state index contributed by atoms with van der Waals surface area (Å²) < 4.78 is 1.37. The number of hydrogen-bond acceptors (Lipinski definition) is 1. The fourth-order valence-corrected chi connectivity index (χ4v) is 4.24. The fraction of sp³-hybridized carbons (Fsp3) is 0.538. The van der Waals surface area contributed by atoms with Gasteiger partial charge in [-0.05, 0) is 23.3 Å². The Morgan fingerprint density at radius 3 is 2.40 bits per heavy atom. The molecule has 1 aromatic carbocycles. The highest BCUT2D eigenvalue weighted by atomic mass is 127. The zero-order chi connectivity index (χ0) is 10.3. The third kappa shape index (κ3) is 1.94. The van der Waals surface area contributed by atoms with E-state index in [2.05, 4.69) is 57.8 Å². The second-order valence-corrected chi connectivity index (χ2v) is 5.71. The van der Waals surface area contributed by atoms with E-state index in [1.165, 1.54) is 23.1 Å². The molecule has 0 bridgehead atoms. The van der Waals surface area contributed by atoms with Crippen LogP contribution < -0.4 is 0 Å². The van der Waals surface area contributed by atoms with Crippen LogP contribution in [0.1, 0.15) is 5.56 Å². The smallest absolute Gasteiger partial charge is 0.0233 e. The van der Waals surface area contributed by atoms with Crippen LogP contribution >= 0.6 is 22.6 Å². The zero-order valence-corrected chi connectivity index (χ0v) is 10.9. The summed E-state index contributed by atoms with van der Waals surface area (Å²) in [5, 5.41) is 0. The van der Waals surface area contributed by atoms with Gasteiger partial charge in [0.1, 0.15) is 0 Å². The summed E-state index contributed by atoms with van der Waals surface area (Å²) in [6.07, 6.45) is 0. The maximum Gasteiger partial charge on any atom is 0.0233 e. The number of hydrogen-bond donors (Lipinski definition) is 0. The summed E-state index contributed by atoms with van der Waals surface area (Å²) in [7, 11) is 0. The van der Waals surface area contributed by atoms with Crippen molar-refractivity contribution in [1.29, 1.82) is 0 Å². The van der Waals surface area contributed by atoms with Crippen LogP contribution in [0.15, 0.2) is 30.3 Å². The van der Waals surface area contributed by atoms with Crippen molar-refractivity contribution >= 4 is 22.6 Å². The summed E-state index contributed by atoms with van der Waals surface area (Å²) in [5.41, 5.74) is 1.46. The van der Waals surface area contributed by atoms with Gasteiger partial charge in [0.15, 0.2) is 0 Å². The molecule has 80 valence electrons. The van der Waals surface area contributed by atoms with Crippen molar-refractivity contribution in [2.24, 2.45) is 17.8 Å². The molecule has 1 aromatic rings. The largest absolute Gasteiger partial charge is 0.298 e. The molecule has 0 spiro atoms. The molecule has 0 radical (unpaired) electrons. The van der Waals surface area contributed by atoms with Gasteiger partial charge in [-0.3, -0.25) is 4.90 Å². The first kappa shape index (κ1) is 10.1. The minimum absolute atomic E-state index is 1.03. The van der Waals surface area contributed by atoms with Crippen molar-refractivity contribution in [2.45, 2.75) is 6.54 Å². The van der Waals surface area contributed by atoms with E-state index in [0.717, 1.165) is 24.3 Å².